The molecule has 5 heterocycles. The number of ether oxygens (including phenoxy) is 2. The van der Waals surface area contributed by atoms with E-state index in [0.29, 0.717) is 30.1 Å². The van der Waals surface area contributed by atoms with Crippen LogP contribution < -0.4 is 71.0 Å². The van der Waals surface area contributed by atoms with Gasteiger partial charge in [0.05, 0.1) is 66.2 Å². The number of nitrogens with one attached hydrogen (secondary N) is 9. The summed E-state index contributed by atoms with van der Waals surface area (Å²) >= 11 is 0. The third-order valence-corrected chi connectivity index (χ3v) is 18.9. The van der Waals surface area contributed by atoms with Gasteiger partial charge in [-0.1, -0.05) is 21.6 Å². The summed E-state index contributed by atoms with van der Waals surface area (Å²) in [4.78, 5) is 191. The SMILES string of the molecule is CO[C@@]12[C@H](COC(N)=O)C3=C(C(=O)C(C)=C(NC(C)(C)CCSSC[C@H](NC(=O)[C@H](CC(=O)O)NC(=O)[C@H](CCCN=C(N)N)NC(=O)[C@H](CC(=O)O)NC(C)(C)C(=O)CC[C@H](NC(=O)c4ccc(NCc5cnc6nc(N)[nH]c(=O)c6n5)cc4)C(=O)O)C(=O)O)C3=O)N1C[C@@H]1N[C@@H]12.[2HH].[V]. The van der Waals surface area contributed by atoms with E-state index in [4.69, 9.17) is 32.4 Å². The Morgan fingerprint density at radius 3 is 2.08 bits per heavy atom. The van der Waals surface area contributed by atoms with Crippen molar-refractivity contribution in [3.05, 3.63) is 74.6 Å². The van der Waals surface area contributed by atoms with Crippen LogP contribution in [-0.4, -0.2) is 220 Å². The largest absolute Gasteiger partial charge is 0.481 e. The zero-order valence-corrected chi connectivity index (χ0v) is 57.4. The van der Waals surface area contributed by atoms with E-state index in [2.05, 4.69) is 67.5 Å². The molecule has 537 valence electrons. The number of anilines is 2. The number of rotatable bonds is 38. The van der Waals surface area contributed by atoms with Crippen molar-refractivity contribution in [3.8, 4) is 0 Å². The Morgan fingerprint density at radius 1 is 0.828 bits per heavy atom. The number of hydrogen-bond donors (Lipinski definition) is 17. The average molecular weight is 1460 g/mol. The van der Waals surface area contributed by atoms with Gasteiger partial charge in [0.2, 0.25) is 35.2 Å². The Hall–Kier alpha value is -9.41. The summed E-state index contributed by atoms with van der Waals surface area (Å²) in [6.07, 6.45) is -2.87. The Bertz CT molecular complexity index is 3840. The quantitative estimate of drug-likeness (QED) is 0.00704. The molecule has 0 bridgehead atoms. The molecule has 21 N–H and O–H groups in total. The first-order valence-electron chi connectivity index (χ1n) is 30.5. The van der Waals surface area contributed by atoms with Gasteiger partial charge in [0.15, 0.2) is 28.6 Å². The minimum Gasteiger partial charge on any atom is -0.481 e. The smallest absolute Gasteiger partial charge is 0.404 e. The monoisotopic (exact) mass is 1460 g/mol. The summed E-state index contributed by atoms with van der Waals surface area (Å²) in [5.41, 5.74) is 18.8. The van der Waals surface area contributed by atoms with Crippen LogP contribution >= 0.6 is 21.6 Å². The second-order valence-electron chi connectivity index (χ2n) is 24.5. The number of carbonyl (C=O) groups excluding carboxylic acids is 8. The van der Waals surface area contributed by atoms with E-state index in [1.165, 1.54) is 69.1 Å². The molecule has 0 saturated carbocycles. The van der Waals surface area contributed by atoms with Crippen LogP contribution in [0.4, 0.5) is 16.4 Å². The van der Waals surface area contributed by atoms with E-state index >= 15 is 0 Å². The Morgan fingerprint density at radius 2 is 1.45 bits per heavy atom. The number of hydrogen-bond acceptors (Lipinski definition) is 27. The number of Topliss-reactive ketones (excluding diaryl/α,β-unsaturated/α-hetero) is 3. The molecule has 2 aromatic heterocycles. The Kier molecular flexibility index (Phi) is 26.5. The van der Waals surface area contributed by atoms with Crippen LogP contribution in [0.5, 0.6) is 0 Å². The van der Waals surface area contributed by atoms with E-state index in [0.717, 1.165) is 10.8 Å². The van der Waals surface area contributed by atoms with Crippen LogP contribution in [0.3, 0.4) is 0 Å². The number of carboxylic acid groups (broad SMARTS) is 4. The predicted octanol–water partition coefficient (Wildman–Crippen LogP) is -2.49. The number of fused-ring (bicyclic) bond motifs is 5. The summed E-state index contributed by atoms with van der Waals surface area (Å²) < 4.78 is 11.2. The van der Waals surface area contributed by atoms with Gasteiger partial charge >= 0.3 is 30.0 Å². The van der Waals surface area contributed by atoms with Crippen molar-refractivity contribution in [1.82, 2.24) is 62.1 Å². The normalized spacial score (nSPS) is 19.1. The van der Waals surface area contributed by atoms with E-state index in [-0.39, 0.29) is 122 Å². The molecule has 1 aromatic carbocycles. The van der Waals surface area contributed by atoms with Gasteiger partial charge in [-0.2, -0.15) is 4.98 Å². The molecule has 5 amide bonds. The molecule has 0 unspecified atom stereocenters. The maximum Gasteiger partial charge on any atom is 0.404 e. The zero-order valence-electron chi connectivity index (χ0n) is 54.4. The van der Waals surface area contributed by atoms with Gasteiger partial charge in [0.25, 0.3) is 11.5 Å². The van der Waals surface area contributed by atoms with Gasteiger partial charge in [-0.15, -0.1) is 0 Å². The number of piperazine rings is 1. The summed E-state index contributed by atoms with van der Waals surface area (Å²) in [7, 11) is 3.65. The number of nitrogens with two attached hydrogens (primary N) is 4. The number of primary amides is 1. The minimum atomic E-state index is -1.97. The van der Waals surface area contributed by atoms with Crippen molar-refractivity contribution in [1.29, 1.82) is 0 Å². The van der Waals surface area contributed by atoms with E-state index in [9.17, 15) is 82.8 Å². The maximum absolute atomic E-state index is 14.4. The second-order valence-corrected chi connectivity index (χ2v) is 27.1. The number of aromatic nitrogens is 4. The predicted molar refractivity (Wildman–Crippen MR) is 353 cm³/mol. The zero-order chi connectivity index (χ0) is 72.3. The number of benzene rings is 1. The molecule has 0 spiro atoms. The first-order valence-corrected chi connectivity index (χ1v) is 33.0. The van der Waals surface area contributed by atoms with Gasteiger partial charge < -0.3 is 95.0 Å². The molecule has 40 heteroatoms. The van der Waals surface area contributed by atoms with Crippen LogP contribution in [0.25, 0.3) is 11.2 Å². The van der Waals surface area contributed by atoms with Crippen molar-refractivity contribution >= 4 is 121 Å². The van der Waals surface area contributed by atoms with Crippen molar-refractivity contribution < 1.29 is 107 Å². The molecule has 2 fully saturated rings. The van der Waals surface area contributed by atoms with Crippen LogP contribution in [0.2, 0.25) is 0 Å². The molecule has 99 heavy (non-hydrogen) atoms. The van der Waals surface area contributed by atoms with Gasteiger partial charge in [0.1, 0.15) is 30.8 Å². The fourth-order valence-electron chi connectivity index (χ4n) is 11.4. The number of aliphatic carboxylic acids is 4. The molecular formula is C59H80N18O19S2V. The van der Waals surface area contributed by atoms with Gasteiger partial charge in [0, 0.05) is 92.1 Å². The molecule has 3 aliphatic heterocycles. The molecule has 7 rings (SSSR count). The Balaban J connectivity index is 0.00000901. The number of carboxylic acids is 4. The van der Waals surface area contributed by atoms with Gasteiger partial charge in [-0.25, -0.2) is 24.4 Å². The van der Waals surface area contributed by atoms with Gasteiger partial charge in [-0.3, -0.25) is 63.2 Å². The topological polar surface area (TPSA) is 602 Å². The number of nitrogen functional groups attached to an aromatic ring is 1. The first-order chi connectivity index (χ1) is 46.1. The van der Waals surface area contributed by atoms with Crippen LogP contribution in [0, 0.1) is 5.92 Å². The number of allylic oxidation sites excluding steroid dienone is 2. The number of aromatic amines is 1. The van der Waals surface area contributed by atoms with Crippen molar-refractivity contribution in [2.45, 2.75) is 145 Å². The number of nitrogens with zero attached hydrogens (tertiary/aromatic N) is 5. The van der Waals surface area contributed by atoms with E-state index in [1.54, 1.807) is 18.7 Å². The second kappa shape index (κ2) is 33.4. The third-order valence-electron chi connectivity index (χ3n) is 16.5. The molecule has 1 radical (unpaired) electrons. The molecule has 4 aliphatic rings. The molecule has 2 saturated heterocycles. The van der Waals surface area contributed by atoms with Crippen LogP contribution in [-0.2, 0) is 82.5 Å². The van der Waals surface area contributed by atoms with Gasteiger partial charge in [-0.05, 0) is 84.6 Å². The minimum absolute atomic E-state index is 0. The summed E-state index contributed by atoms with van der Waals surface area (Å²) in [5.74, 6) is -13.6. The number of amides is 5. The number of H-pyrrole nitrogens is 1. The summed E-state index contributed by atoms with van der Waals surface area (Å²) in [6.45, 7) is 7.63. The Labute approximate surface area is 585 Å². The molecule has 37 nitrogen and oxygen atoms in total. The number of carbonyl (C=O) groups is 12. The fourth-order valence-corrected chi connectivity index (χ4v) is 13.9. The summed E-state index contributed by atoms with van der Waals surface area (Å²) in [5, 5.41) is 61.4. The maximum atomic E-state index is 14.4. The number of aliphatic imine (C=N–C) groups is 1. The molecule has 9 atom stereocenters. The third kappa shape index (κ3) is 19.7. The molecule has 3 aromatic rings. The number of guanidine groups is 1. The fraction of sp³-hybridized carbons (Fsp3) is 0.508. The van der Waals surface area contributed by atoms with E-state index in [1.807, 2.05) is 0 Å². The summed E-state index contributed by atoms with van der Waals surface area (Å²) in [6, 6.07) is -3.22. The van der Waals surface area contributed by atoms with E-state index < -0.39 is 155 Å². The molecule has 1 aliphatic carbocycles. The van der Waals surface area contributed by atoms with Crippen molar-refractivity contribution in [2.24, 2.45) is 28.1 Å². The first kappa shape index (κ1) is 78.6. The van der Waals surface area contributed by atoms with Crippen molar-refractivity contribution in [2.75, 3.05) is 49.4 Å². The van der Waals surface area contributed by atoms with Crippen molar-refractivity contribution in [3.63, 3.8) is 0 Å². The average Bonchev–Trinajstić information content (AvgIpc) is 1.50. The number of ketones is 3. The van der Waals surface area contributed by atoms with Crippen LogP contribution in [0.1, 0.15) is 97.0 Å². The van der Waals surface area contributed by atoms with Crippen LogP contribution in [0.15, 0.2) is 62.8 Å². The molecular weight excluding hydrogens is 1380 g/mol. The standard InChI is InChI=1S/C59H78N18O19S2.V.H2/c1-25-40(44(84)39-29(23-96-56(63)94)59(95-6)45-34(68-45)22-77(59)42(39)43(25)83)76-57(2,3)15-17-97-98-24-35(53(92)93)72-49(87)32(18-37(79)80)71-48(86)30(8-7-16-64-54(60)61)69-50(88)33(19-38(81)82)75-58(4,5)36(78)14-13-31(52(90)91)70-47(85)26-9-11-27(12-10-26)65-20-28-21-66-46-41(67-28)51(89)74-55(62)73-46;;/h9-12,21,29-35,45,65,68,75-76H,7-8,13-20,22-24H2,1-6H3,(H2,63,94)(H,69,88)(H,70,85)(H,71,86)(H,72,87)(H,79,80)(H,81,82)(H,90,91)(H,92,93)(H4,60,61,64)(H3,62,66,73,74,89);;1H/t29-,30+,31+,32+,33+,34+,35+,45+,59-;;/m1../s1/i;;1+1. The number of methoxy groups -OCH3 is 1.